The lowest BCUT2D eigenvalue weighted by molar-refractivity contribution is -0.121. The van der Waals surface area contributed by atoms with Crippen LogP contribution in [0.25, 0.3) is 0 Å². The fourth-order valence-corrected chi connectivity index (χ4v) is 2.50. The Morgan fingerprint density at radius 2 is 1.88 bits per heavy atom. The van der Waals surface area contributed by atoms with Gasteiger partial charge in [-0.3, -0.25) is 4.79 Å². The lowest BCUT2D eigenvalue weighted by Crippen LogP contribution is -2.44. The summed E-state index contributed by atoms with van der Waals surface area (Å²) in [5.41, 5.74) is 0. The maximum absolute atomic E-state index is 11.7. The first-order valence-electron chi connectivity index (χ1n) is 6.76. The van der Waals surface area contributed by atoms with Crippen molar-refractivity contribution in [3.8, 4) is 0 Å². The molecule has 3 nitrogen and oxygen atoms in total. The molecule has 1 amide bonds. The van der Waals surface area contributed by atoms with Gasteiger partial charge in [-0.2, -0.15) is 0 Å². The molecule has 0 heterocycles. The Kier molecular flexibility index (Phi) is 6.28. The van der Waals surface area contributed by atoms with E-state index >= 15 is 0 Å². The summed E-state index contributed by atoms with van der Waals surface area (Å²) in [5.74, 6) is 1.68. The Morgan fingerprint density at radius 1 is 1.18 bits per heavy atom. The highest BCUT2D eigenvalue weighted by atomic mass is 35.5. The molecular weight excluding hydrogens is 236 g/mol. The molecule has 2 fully saturated rings. The van der Waals surface area contributed by atoms with Gasteiger partial charge in [0, 0.05) is 6.04 Å². The van der Waals surface area contributed by atoms with Gasteiger partial charge in [0.05, 0.1) is 6.54 Å². The zero-order valence-electron chi connectivity index (χ0n) is 10.7. The number of hydrogen-bond donors (Lipinski definition) is 2. The summed E-state index contributed by atoms with van der Waals surface area (Å²) in [7, 11) is 0. The van der Waals surface area contributed by atoms with Gasteiger partial charge < -0.3 is 10.6 Å². The van der Waals surface area contributed by atoms with Crippen LogP contribution in [-0.4, -0.2) is 25.0 Å². The summed E-state index contributed by atoms with van der Waals surface area (Å²) in [5, 5.41) is 6.40. The second kappa shape index (κ2) is 7.22. The molecule has 0 aromatic rings. The topological polar surface area (TPSA) is 41.1 Å². The lowest BCUT2D eigenvalue weighted by Gasteiger charge is -2.29. The van der Waals surface area contributed by atoms with E-state index in [1.165, 1.54) is 32.1 Å². The van der Waals surface area contributed by atoms with E-state index in [-0.39, 0.29) is 18.3 Å². The molecule has 2 aliphatic rings. The third-order valence-corrected chi connectivity index (χ3v) is 3.87. The first-order chi connectivity index (χ1) is 7.75. The minimum absolute atomic E-state index is 0. The Balaban J connectivity index is 0.00000144. The highest BCUT2D eigenvalue weighted by Gasteiger charge is 2.23. The third kappa shape index (κ3) is 5.26. The van der Waals surface area contributed by atoms with Crippen molar-refractivity contribution in [3.63, 3.8) is 0 Å². The highest BCUT2D eigenvalue weighted by molar-refractivity contribution is 5.85. The molecule has 2 atom stereocenters. The predicted molar refractivity (Wildman–Crippen MR) is 72.4 cm³/mol. The summed E-state index contributed by atoms with van der Waals surface area (Å²) in [6.45, 7) is 3.77. The molecule has 2 aliphatic carbocycles. The predicted octanol–water partition coefficient (Wildman–Crippen LogP) is 2.10. The smallest absolute Gasteiger partial charge is 0.234 e. The van der Waals surface area contributed by atoms with Crippen molar-refractivity contribution in [1.29, 1.82) is 0 Å². The van der Waals surface area contributed by atoms with Gasteiger partial charge in [-0.05, 0) is 44.1 Å². The average Bonchev–Trinajstić information content (AvgIpc) is 3.05. The number of amides is 1. The van der Waals surface area contributed by atoms with Crippen LogP contribution in [0.1, 0.15) is 45.4 Å². The van der Waals surface area contributed by atoms with Crippen molar-refractivity contribution < 1.29 is 4.79 Å². The summed E-state index contributed by atoms with van der Waals surface area (Å²) in [6.07, 6.45) is 7.71. The third-order valence-electron chi connectivity index (χ3n) is 3.87. The molecule has 4 heteroatoms. The van der Waals surface area contributed by atoms with E-state index in [2.05, 4.69) is 17.6 Å². The zero-order chi connectivity index (χ0) is 11.4. The zero-order valence-corrected chi connectivity index (χ0v) is 11.5. The molecule has 0 radical (unpaired) electrons. The first-order valence-corrected chi connectivity index (χ1v) is 6.76. The SMILES string of the molecule is CC1CCCCC1NC(=O)CNCC1CC1.Cl. The van der Waals surface area contributed by atoms with Gasteiger partial charge >= 0.3 is 0 Å². The van der Waals surface area contributed by atoms with Crippen LogP contribution >= 0.6 is 12.4 Å². The van der Waals surface area contributed by atoms with Gasteiger partial charge in [-0.1, -0.05) is 19.8 Å². The molecule has 2 unspecified atom stereocenters. The van der Waals surface area contributed by atoms with Crippen LogP contribution in [0.2, 0.25) is 0 Å². The Bertz CT molecular complexity index is 244. The maximum atomic E-state index is 11.7. The van der Waals surface area contributed by atoms with E-state index < -0.39 is 0 Å². The quantitative estimate of drug-likeness (QED) is 0.795. The average molecular weight is 261 g/mol. The van der Waals surface area contributed by atoms with E-state index in [0.29, 0.717) is 18.5 Å². The van der Waals surface area contributed by atoms with Crippen LogP contribution in [0.4, 0.5) is 0 Å². The van der Waals surface area contributed by atoms with Crippen LogP contribution < -0.4 is 10.6 Å². The van der Waals surface area contributed by atoms with Crippen LogP contribution in [-0.2, 0) is 4.79 Å². The molecule has 0 aromatic heterocycles. The first kappa shape index (κ1) is 14.8. The van der Waals surface area contributed by atoms with Crippen LogP contribution in [0.3, 0.4) is 0 Å². The highest BCUT2D eigenvalue weighted by Crippen LogP contribution is 2.27. The van der Waals surface area contributed by atoms with Crippen molar-refractivity contribution in [2.45, 2.75) is 51.5 Å². The van der Waals surface area contributed by atoms with Crippen molar-refractivity contribution in [1.82, 2.24) is 10.6 Å². The fourth-order valence-electron chi connectivity index (χ4n) is 2.50. The van der Waals surface area contributed by atoms with Crippen molar-refractivity contribution in [2.24, 2.45) is 11.8 Å². The number of rotatable bonds is 5. The van der Waals surface area contributed by atoms with E-state index in [4.69, 9.17) is 0 Å². The van der Waals surface area contributed by atoms with E-state index in [1.807, 2.05) is 0 Å². The number of carbonyl (C=O) groups excluding carboxylic acids is 1. The van der Waals surface area contributed by atoms with Crippen LogP contribution in [0.15, 0.2) is 0 Å². The standard InChI is InChI=1S/C13H24N2O.ClH/c1-10-4-2-3-5-12(10)15-13(16)9-14-8-11-6-7-11;/h10-12,14H,2-9H2,1H3,(H,15,16);1H. The number of carbonyl (C=O) groups is 1. The van der Waals surface area contributed by atoms with E-state index in [9.17, 15) is 4.79 Å². The number of halogens is 1. The van der Waals surface area contributed by atoms with E-state index in [0.717, 1.165) is 18.9 Å². The molecule has 0 saturated heterocycles. The maximum Gasteiger partial charge on any atom is 0.234 e. The molecule has 2 N–H and O–H groups in total. The Morgan fingerprint density at radius 3 is 2.53 bits per heavy atom. The number of nitrogens with one attached hydrogen (secondary N) is 2. The second-order valence-corrected chi connectivity index (χ2v) is 5.51. The van der Waals surface area contributed by atoms with Gasteiger partial charge in [-0.15, -0.1) is 12.4 Å². The molecule has 100 valence electrons. The molecule has 0 spiro atoms. The van der Waals surface area contributed by atoms with E-state index in [1.54, 1.807) is 0 Å². The molecule has 2 rings (SSSR count). The second-order valence-electron chi connectivity index (χ2n) is 5.51. The summed E-state index contributed by atoms with van der Waals surface area (Å²) < 4.78 is 0. The molecule has 0 aromatic carbocycles. The number of hydrogen-bond acceptors (Lipinski definition) is 2. The van der Waals surface area contributed by atoms with Crippen LogP contribution in [0.5, 0.6) is 0 Å². The summed E-state index contributed by atoms with van der Waals surface area (Å²) >= 11 is 0. The minimum atomic E-state index is 0. The summed E-state index contributed by atoms with van der Waals surface area (Å²) in [4.78, 5) is 11.7. The lowest BCUT2D eigenvalue weighted by atomic mass is 9.86. The Labute approximate surface area is 111 Å². The molecule has 17 heavy (non-hydrogen) atoms. The molecule has 0 aliphatic heterocycles. The van der Waals surface area contributed by atoms with Crippen molar-refractivity contribution in [3.05, 3.63) is 0 Å². The minimum Gasteiger partial charge on any atom is -0.352 e. The Hall–Kier alpha value is -0.280. The molecule has 2 saturated carbocycles. The van der Waals surface area contributed by atoms with Crippen molar-refractivity contribution in [2.75, 3.05) is 13.1 Å². The van der Waals surface area contributed by atoms with Gasteiger partial charge in [0.2, 0.25) is 5.91 Å². The van der Waals surface area contributed by atoms with Crippen LogP contribution in [0, 0.1) is 11.8 Å². The molecular formula is C13H25ClN2O. The van der Waals surface area contributed by atoms with Gasteiger partial charge in [0.25, 0.3) is 0 Å². The monoisotopic (exact) mass is 260 g/mol. The van der Waals surface area contributed by atoms with Crippen molar-refractivity contribution >= 4 is 18.3 Å². The van der Waals surface area contributed by atoms with Gasteiger partial charge in [0.1, 0.15) is 0 Å². The largest absolute Gasteiger partial charge is 0.352 e. The van der Waals surface area contributed by atoms with Gasteiger partial charge in [0.15, 0.2) is 0 Å². The normalized spacial score (nSPS) is 28.3. The summed E-state index contributed by atoms with van der Waals surface area (Å²) in [6, 6.07) is 0.420. The van der Waals surface area contributed by atoms with Gasteiger partial charge in [-0.25, -0.2) is 0 Å². The fraction of sp³-hybridized carbons (Fsp3) is 0.923. The molecule has 0 bridgehead atoms.